The van der Waals surface area contributed by atoms with Crippen LogP contribution in [0.2, 0.25) is 0 Å². The van der Waals surface area contributed by atoms with E-state index in [1.165, 1.54) is 6.92 Å². The average Bonchev–Trinajstić information content (AvgIpc) is 2.78. The molecule has 2 unspecified atom stereocenters. The second kappa shape index (κ2) is 7.55. The fourth-order valence-corrected chi connectivity index (χ4v) is 2.05. The van der Waals surface area contributed by atoms with Gasteiger partial charge >= 0.3 is 0 Å². The van der Waals surface area contributed by atoms with Crippen LogP contribution in [-0.2, 0) is 14.3 Å². The van der Waals surface area contributed by atoms with Crippen molar-refractivity contribution in [1.82, 2.24) is 10.6 Å². The number of nitrogens with one attached hydrogen (secondary N) is 2. The number of hydrogen-bond donors (Lipinski definition) is 3. The highest BCUT2D eigenvalue weighted by Crippen LogP contribution is 2.14. The van der Waals surface area contributed by atoms with Crippen LogP contribution in [0.3, 0.4) is 0 Å². The van der Waals surface area contributed by atoms with Gasteiger partial charge in [-0.15, -0.1) is 0 Å². The molecule has 1 fully saturated rings. The summed E-state index contributed by atoms with van der Waals surface area (Å²) >= 11 is 4.04. The van der Waals surface area contributed by atoms with Crippen LogP contribution in [0.1, 0.15) is 26.2 Å². The lowest BCUT2D eigenvalue weighted by Gasteiger charge is -2.16. The molecule has 6 heteroatoms. The van der Waals surface area contributed by atoms with Crippen molar-refractivity contribution < 1.29 is 14.3 Å². The van der Waals surface area contributed by atoms with Gasteiger partial charge in [0.1, 0.15) is 6.04 Å². The molecule has 1 heterocycles. The van der Waals surface area contributed by atoms with Gasteiger partial charge in [0.25, 0.3) is 0 Å². The highest BCUT2D eigenvalue weighted by atomic mass is 32.1. The maximum Gasteiger partial charge on any atom is 0.243 e. The van der Waals surface area contributed by atoms with E-state index in [2.05, 4.69) is 23.3 Å². The Bertz CT molecular complexity index is 267. The van der Waals surface area contributed by atoms with E-state index >= 15 is 0 Å². The summed E-state index contributed by atoms with van der Waals surface area (Å²) < 4.78 is 5.45. The van der Waals surface area contributed by atoms with Crippen LogP contribution >= 0.6 is 12.6 Å². The molecule has 2 atom stereocenters. The van der Waals surface area contributed by atoms with Crippen LogP contribution in [0.15, 0.2) is 0 Å². The Hall–Kier alpha value is -0.750. The molecule has 0 saturated carbocycles. The fourth-order valence-electron chi connectivity index (χ4n) is 1.79. The van der Waals surface area contributed by atoms with Gasteiger partial charge in [-0.3, -0.25) is 9.59 Å². The molecule has 1 rings (SSSR count). The van der Waals surface area contributed by atoms with Crippen molar-refractivity contribution in [3.63, 3.8) is 0 Å². The zero-order valence-corrected chi connectivity index (χ0v) is 11.0. The van der Waals surface area contributed by atoms with Crippen molar-refractivity contribution in [2.24, 2.45) is 0 Å². The van der Waals surface area contributed by atoms with Gasteiger partial charge in [0, 0.05) is 25.8 Å². The summed E-state index contributed by atoms with van der Waals surface area (Å²) in [6, 6.07) is -0.555. The number of carbonyl (C=O) groups is 2. The lowest BCUT2D eigenvalue weighted by atomic mass is 10.2. The van der Waals surface area contributed by atoms with E-state index < -0.39 is 6.04 Å². The molecule has 1 saturated heterocycles. The van der Waals surface area contributed by atoms with Crippen molar-refractivity contribution in [2.75, 3.05) is 18.9 Å². The predicted molar refractivity (Wildman–Crippen MR) is 68.1 cm³/mol. The third kappa shape index (κ3) is 5.41. The lowest BCUT2D eigenvalue weighted by Crippen LogP contribution is -2.47. The third-order valence-electron chi connectivity index (χ3n) is 2.67. The molecule has 0 aromatic heterocycles. The first-order valence-electron chi connectivity index (χ1n) is 5.90. The number of hydrogen-bond acceptors (Lipinski definition) is 4. The van der Waals surface area contributed by atoms with Crippen molar-refractivity contribution in [3.8, 4) is 0 Å². The second-order valence-corrected chi connectivity index (χ2v) is 4.52. The first-order valence-corrected chi connectivity index (χ1v) is 6.54. The Labute approximate surface area is 107 Å². The zero-order valence-electron chi connectivity index (χ0n) is 10.1. The molecule has 2 N–H and O–H groups in total. The minimum absolute atomic E-state index is 0.187. The minimum Gasteiger partial charge on any atom is -0.378 e. The maximum atomic E-state index is 11.7. The Morgan fingerprint density at radius 3 is 2.82 bits per heavy atom. The van der Waals surface area contributed by atoms with Crippen molar-refractivity contribution in [2.45, 2.75) is 38.3 Å². The Morgan fingerprint density at radius 1 is 1.53 bits per heavy atom. The van der Waals surface area contributed by atoms with E-state index in [9.17, 15) is 9.59 Å². The lowest BCUT2D eigenvalue weighted by molar-refractivity contribution is -0.127. The van der Waals surface area contributed by atoms with E-state index in [0.29, 0.717) is 12.3 Å². The zero-order chi connectivity index (χ0) is 12.7. The normalized spacial score (nSPS) is 20.9. The fraction of sp³-hybridized carbons (Fsp3) is 0.818. The van der Waals surface area contributed by atoms with Gasteiger partial charge in [-0.05, 0) is 19.3 Å². The molecule has 1 aliphatic rings. The van der Waals surface area contributed by atoms with Crippen molar-refractivity contribution in [3.05, 3.63) is 0 Å². The molecule has 0 aromatic carbocycles. The van der Waals surface area contributed by atoms with E-state index in [1.54, 1.807) is 0 Å². The van der Waals surface area contributed by atoms with E-state index in [-0.39, 0.29) is 17.9 Å². The van der Waals surface area contributed by atoms with Crippen LogP contribution in [0.4, 0.5) is 0 Å². The van der Waals surface area contributed by atoms with Crippen LogP contribution < -0.4 is 10.6 Å². The number of ether oxygens (including phenoxy) is 1. The van der Waals surface area contributed by atoms with Crippen molar-refractivity contribution >= 4 is 24.4 Å². The Balaban J connectivity index is 2.19. The highest BCUT2D eigenvalue weighted by Gasteiger charge is 2.19. The Morgan fingerprint density at radius 2 is 2.29 bits per heavy atom. The molecular weight excluding hydrogens is 240 g/mol. The number of amides is 2. The topological polar surface area (TPSA) is 67.4 Å². The largest absolute Gasteiger partial charge is 0.378 e. The average molecular weight is 260 g/mol. The monoisotopic (exact) mass is 260 g/mol. The maximum absolute atomic E-state index is 11.7. The molecule has 0 aliphatic carbocycles. The highest BCUT2D eigenvalue weighted by molar-refractivity contribution is 7.80. The molecule has 0 bridgehead atoms. The summed E-state index contributed by atoms with van der Waals surface area (Å²) in [6.07, 6.45) is 3.26. The van der Waals surface area contributed by atoms with E-state index in [0.717, 1.165) is 25.9 Å². The summed E-state index contributed by atoms with van der Waals surface area (Å²) in [6.45, 7) is 2.78. The standard InChI is InChI=1S/C11H20N2O3S/c1-8(14)13-10(7-17)11(15)12-5-4-9-3-2-6-16-9/h9-10,17H,2-7H2,1H3,(H,12,15)(H,13,14). The second-order valence-electron chi connectivity index (χ2n) is 4.15. The molecule has 5 nitrogen and oxygen atoms in total. The first-order chi connectivity index (χ1) is 8.13. The van der Waals surface area contributed by atoms with E-state index in [4.69, 9.17) is 4.74 Å². The number of rotatable bonds is 6. The SMILES string of the molecule is CC(=O)NC(CS)C(=O)NCCC1CCCO1. The summed E-state index contributed by atoms with van der Waals surface area (Å²) in [5.74, 6) is -0.114. The van der Waals surface area contributed by atoms with Gasteiger partial charge in [-0.25, -0.2) is 0 Å². The molecule has 98 valence electrons. The predicted octanol–water partition coefficient (Wildman–Crippen LogP) is 0.106. The van der Waals surface area contributed by atoms with Gasteiger partial charge < -0.3 is 15.4 Å². The van der Waals surface area contributed by atoms with Crippen LogP contribution in [0.5, 0.6) is 0 Å². The smallest absolute Gasteiger partial charge is 0.243 e. The molecule has 0 aromatic rings. The number of carbonyl (C=O) groups excluding carboxylic acids is 2. The van der Waals surface area contributed by atoms with Crippen LogP contribution in [0, 0.1) is 0 Å². The van der Waals surface area contributed by atoms with Gasteiger partial charge in [-0.1, -0.05) is 0 Å². The van der Waals surface area contributed by atoms with Gasteiger partial charge in [0.15, 0.2) is 0 Å². The summed E-state index contributed by atoms with van der Waals surface area (Å²) in [5, 5.41) is 5.33. The van der Waals surface area contributed by atoms with Crippen LogP contribution in [-0.4, -0.2) is 42.9 Å². The van der Waals surface area contributed by atoms with Gasteiger partial charge in [0.05, 0.1) is 6.10 Å². The van der Waals surface area contributed by atoms with Gasteiger partial charge in [-0.2, -0.15) is 12.6 Å². The molecule has 17 heavy (non-hydrogen) atoms. The van der Waals surface area contributed by atoms with Crippen molar-refractivity contribution in [1.29, 1.82) is 0 Å². The molecule has 0 spiro atoms. The molecule has 0 radical (unpaired) electrons. The van der Waals surface area contributed by atoms with E-state index in [1.807, 2.05) is 0 Å². The summed E-state index contributed by atoms with van der Waals surface area (Å²) in [7, 11) is 0. The van der Waals surface area contributed by atoms with Gasteiger partial charge in [0.2, 0.25) is 11.8 Å². The summed E-state index contributed by atoms with van der Waals surface area (Å²) in [5.41, 5.74) is 0. The Kier molecular flexibility index (Phi) is 6.36. The quantitative estimate of drug-likeness (QED) is 0.594. The number of thiol groups is 1. The minimum atomic E-state index is -0.555. The molecule has 1 aliphatic heterocycles. The molecule has 2 amide bonds. The summed E-state index contributed by atoms with van der Waals surface area (Å²) in [4.78, 5) is 22.5. The molecular formula is C11H20N2O3S. The van der Waals surface area contributed by atoms with Crippen LogP contribution in [0.25, 0.3) is 0 Å². The first kappa shape index (κ1) is 14.3. The third-order valence-corrected chi connectivity index (χ3v) is 3.03.